The van der Waals surface area contributed by atoms with Gasteiger partial charge in [-0.3, -0.25) is 0 Å². The number of carbonyl (C=O) groups is 2. The molecule has 2 aliphatic rings. The Bertz CT molecular complexity index is 1450. The number of hydrogen-bond donors (Lipinski definition) is 1. The number of rotatable bonds is 30. The summed E-state index contributed by atoms with van der Waals surface area (Å²) in [7, 11) is -3.81. The Kier molecular flexibility index (Phi) is 22.1. The van der Waals surface area contributed by atoms with Crippen LogP contribution >= 0.6 is 13.7 Å². The zero-order valence-electron chi connectivity index (χ0n) is 39.9. The van der Waals surface area contributed by atoms with Crippen LogP contribution in [0.4, 0.5) is 0 Å². The molecule has 10 heteroatoms. The monoisotopic (exact) mass is 887 g/mol. The van der Waals surface area contributed by atoms with Gasteiger partial charge < -0.3 is 0 Å². The van der Waals surface area contributed by atoms with Gasteiger partial charge in [0, 0.05) is 0 Å². The van der Waals surface area contributed by atoms with Crippen molar-refractivity contribution in [2.75, 3.05) is 55.0 Å². The van der Waals surface area contributed by atoms with Crippen molar-refractivity contribution in [3.63, 3.8) is 0 Å². The number of aromatic hydroxyl groups is 1. The second kappa shape index (κ2) is 24.1. The van der Waals surface area contributed by atoms with Gasteiger partial charge in [0.2, 0.25) is 0 Å². The summed E-state index contributed by atoms with van der Waals surface area (Å²) in [5, 5.41) is 10.2. The van der Waals surface area contributed by atoms with Crippen LogP contribution in [-0.4, -0.2) is 80.3 Å². The van der Waals surface area contributed by atoms with Crippen LogP contribution in [0.15, 0.2) is 24.3 Å². The molecule has 1 N–H and O–H groups in total. The fourth-order valence-electron chi connectivity index (χ4n) is 10.8. The molecule has 0 saturated heterocycles. The fraction of sp³-hybridized carbons (Fsp3) is 0.837. The average molecular weight is 887 g/mol. The maximum atomic E-state index is 13.9. The number of fused-ring (bicyclic) bond motifs is 2. The predicted octanol–water partition coefficient (Wildman–Crippen LogP) is 14.6. The third-order valence-electron chi connectivity index (χ3n) is 15.0. The molecule has 3 rings (SSSR count). The molecule has 59 heavy (non-hydrogen) atoms. The molecule has 2 saturated carbocycles. The van der Waals surface area contributed by atoms with Gasteiger partial charge in [0.1, 0.15) is 0 Å². The standard InChI is InChI=1S/C26H51O4PS.C23H41O3P/c1-7-11-17-31(18-12-8-2,19-13-9-3,20-14-10-4)30-32(28,29)22-26-16-15-23(21-24(26)27)25(26,5)6;1-5-9-17-27(18-10-6-2,19-11-7-3,20-12-8-4)26-23(25)21-15-13-14-16-22(21)24/h23H,7-22H2,1-6H3;13-16,24H,5-12,17-20H2,1-4H3. The van der Waals surface area contributed by atoms with Gasteiger partial charge in [0.05, 0.1) is 0 Å². The first-order valence-electron chi connectivity index (χ1n) is 24.4. The molecule has 2 fully saturated rings. The van der Waals surface area contributed by atoms with Gasteiger partial charge in [-0.05, 0) is 0 Å². The normalized spacial score (nSPS) is 20.3. The minimum absolute atomic E-state index is 0.0241. The second-order valence-electron chi connectivity index (χ2n) is 19.7. The maximum absolute atomic E-state index is 13.9. The van der Waals surface area contributed by atoms with Crippen LogP contribution in [0.25, 0.3) is 0 Å². The molecule has 2 aliphatic carbocycles. The van der Waals surface area contributed by atoms with E-state index in [1.807, 2.05) is 0 Å². The first-order valence-corrected chi connectivity index (χ1v) is 31.8. The Morgan fingerprint density at radius 3 is 1.36 bits per heavy atom. The van der Waals surface area contributed by atoms with E-state index in [2.05, 4.69) is 69.2 Å². The van der Waals surface area contributed by atoms with E-state index in [-0.39, 0.29) is 28.7 Å². The Balaban J connectivity index is 0.000000413. The number of phenols is 1. The number of para-hydroxylation sites is 1. The van der Waals surface area contributed by atoms with Gasteiger partial charge in [-0.2, -0.15) is 0 Å². The van der Waals surface area contributed by atoms with Gasteiger partial charge in [-0.25, -0.2) is 0 Å². The summed E-state index contributed by atoms with van der Waals surface area (Å²) in [6.45, 7) is 16.3. The first-order chi connectivity index (χ1) is 27.9. The summed E-state index contributed by atoms with van der Waals surface area (Å²) in [6.07, 6.45) is 27.4. The van der Waals surface area contributed by atoms with E-state index < -0.39 is 29.2 Å². The summed E-state index contributed by atoms with van der Waals surface area (Å²) in [5.74, 6) is 0.0917. The number of Topliss-reactive ketones (excluding diaryl/α,β-unsaturated/α-hetero) is 1. The van der Waals surface area contributed by atoms with E-state index in [1.54, 1.807) is 24.3 Å². The van der Waals surface area contributed by atoms with E-state index in [0.717, 1.165) is 158 Å². The van der Waals surface area contributed by atoms with Gasteiger partial charge in [-0.15, -0.1) is 0 Å². The Labute approximate surface area is 364 Å². The molecule has 346 valence electrons. The average Bonchev–Trinajstić information content (AvgIpc) is 3.55. The molecule has 1 aromatic carbocycles. The summed E-state index contributed by atoms with van der Waals surface area (Å²) >= 11 is 0. The van der Waals surface area contributed by atoms with Gasteiger partial charge in [0.15, 0.2) is 0 Å². The van der Waals surface area contributed by atoms with Crippen molar-refractivity contribution >= 4 is 35.5 Å². The summed E-state index contributed by atoms with van der Waals surface area (Å²) in [4.78, 5) is 26.3. The quantitative estimate of drug-likeness (QED) is 0.0767. The van der Waals surface area contributed by atoms with Crippen LogP contribution in [0.1, 0.15) is 202 Å². The molecule has 7 nitrogen and oxygen atoms in total. The molecule has 0 aromatic heterocycles. The van der Waals surface area contributed by atoms with Crippen LogP contribution in [-0.2, 0) is 23.4 Å². The summed E-state index contributed by atoms with van der Waals surface area (Å²) < 4.78 is 41.2. The topological polar surface area (TPSA) is 107 Å². The molecule has 0 aliphatic heterocycles. The molecule has 1 aromatic rings. The van der Waals surface area contributed by atoms with E-state index >= 15 is 0 Å². The molecule has 0 heterocycles. The van der Waals surface area contributed by atoms with Crippen molar-refractivity contribution in [3.8, 4) is 5.75 Å². The van der Waals surface area contributed by atoms with Gasteiger partial charge in [-0.1, -0.05) is 0 Å². The second-order valence-corrected chi connectivity index (χ2v) is 32.9. The minimum atomic E-state index is -3.81. The van der Waals surface area contributed by atoms with E-state index in [9.17, 15) is 23.1 Å². The van der Waals surface area contributed by atoms with Crippen molar-refractivity contribution in [1.29, 1.82) is 0 Å². The first kappa shape index (κ1) is 54.1. The zero-order chi connectivity index (χ0) is 44.3. The number of phenolic OH excluding ortho intramolecular Hbond substituents is 1. The number of benzene rings is 1. The van der Waals surface area contributed by atoms with Crippen LogP contribution in [0, 0.1) is 16.7 Å². The zero-order valence-corrected chi connectivity index (χ0v) is 42.5. The number of carbonyl (C=O) groups excluding carboxylic acids is 2. The molecular formula is C49H92O7P2S. The fourth-order valence-corrected chi connectivity index (χ4v) is 28.6. The van der Waals surface area contributed by atoms with Crippen LogP contribution in [0.5, 0.6) is 5.75 Å². The third kappa shape index (κ3) is 13.7. The van der Waals surface area contributed by atoms with Gasteiger partial charge >= 0.3 is 366 Å². The Morgan fingerprint density at radius 2 is 1.03 bits per heavy atom. The van der Waals surface area contributed by atoms with E-state index in [0.29, 0.717) is 24.3 Å². The molecule has 2 unspecified atom stereocenters. The van der Waals surface area contributed by atoms with Crippen molar-refractivity contribution in [1.82, 2.24) is 0 Å². The Hall–Kier alpha value is -1.07. The molecule has 0 amide bonds. The third-order valence-corrected chi connectivity index (χ3v) is 30.7. The van der Waals surface area contributed by atoms with Crippen LogP contribution in [0.3, 0.4) is 0 Å². The SMILES string of the molecule is CCCCP(CCCC)(CCCC)(CCCC)OC(=O)c1ccccc1O.CCCCP(CCCC)(CCCC)(CCCC)OS(=O)(=O)CC12CCC(CC1=O)C2(C)C. The number of unbranched alkanes of at least 4 members (excludes halogenated alkanes) is 8. The van der Waals surface area contributed by atoms with Crippen molar-refractivity contribution in [2.24, 2.45) is 16.7 Å². The van der Waals surface area contributed by atoms with Crippen LogP contribution < -0.4 is 0 Å². The summed E-state index contributed by atoms with van der Waals surface area (Å²) in [5.41, 5.74) is -0.689. The van der Waals surface area contributed by atoms with Crippen molar-refractivity contribution < 1.29 is 31.6 Å². The number of ketones is 1. The van der Waals surface area contributed by atoms with Crippen molar-refractivity contribution in [3.05, 3.63) is 29.8 Å². The molecule has 2 atom stereocenters. The number of hydrogen-bond acceptors (Lipinski definition) is 7. The van der Waals surface area contributed by atoms with E-state index in [1.165, 1.54) is 0 Å². The molecule has 0 spiro atoms. The molecule has 0 radical (unpaired) electrons. The Morgan fingerprint density at radius 1 is 0.661 bits per heavy atom. The molecule has 2 bridgehead atoms. The van der Waals surface area contributed by atoms with Crippen molar-refractivity contribution in [2.45, 2.75) is 191 Å². The van der Waals surface area contributed by atoms with Gasteiger partial charge in [0.25, 0.3) is 0 Å². The van der Waals surface area contributed by atoms with Crippen LogP contribution in [0.2, 0.25) is 0 Å². The predicted molar refractivity (Wildman–Crippen MR) is 259 cm³/mol. The summed E-state index contributed by atoms with van der Waals surface area (Å²) in [6, 6.07) is 6.79. The van der Waals surface area contributed by atoms with E-state index in [4.69, 9.17) is 8.49 Å². The molecular weight excluding hydrogens is 795 g/mol.